The maximum absolute atomic E-state index is 12.4. The predicted octanol–water partition coefficient (Wildman–Crippen LogP) is 0.908. The van der Waals surface area contributed by atoms with Crippen LogP contribution in [0.25, 0.3) is 0 Å². The molecule has 0 atom stereocenters. The van der Waals surface area contributed by atoms with Crippen LogP contribution in [0.2, 0.25) is 0 Å². The van der Waals surface area contributed by atoms with Crippen LogP contribution in [-0.4, -0.2) is 75.2 Å². The van der Waals surface area contributed by atoms with E-state index in [0.29, 0.717) is 37.4 Å². The number of aldehydes is 1. The number of methoxy groups -OCH3 is 1. The number of fused-ring (bicyclic) bond motifs is 1. The summed E-state index contributed by atoms with van der Waals surface area (Å²) in [5.41, 5.74) is 2.61. The van der Waals surface area contributed by atoms with E-state index >= 15 is 0 Å². The Morgan fingerprint density at radius 3 is 2.84 bits per heavy atom. The van der Waals surface area contributed by atoms with Crippen molar-refractivity contribution in [2.45, 2.75) is 13.0 Å². The minimum absolute atomic E-state index is 0.0534. The molecule has 0 aliphatic carbocycles. The van der Waals surface area contributed by atoms with Crippen LogP contribution in [0.15, 0.2) is 12.1 Å². The van der Waals surface area contributed by atoms with Gasteiger partial charge >= 0.3 is 6.03 Å². The van der Waals surface area contributed by atoms with E-state index in [2.05, 4.69) is 10.2 Å². The van der Waals surface area contributed by atoms with Crippen molar-refractivity contribution in [3.05, 3.63) is 28.8 Å². The van der Waals surface area contributed by atoms with Crippen molar-refractivity contribution >= 4 is 12.3 Å². The first-order chi connectivity index (χ1) is 12.2. The molecule has 25 heavy (non-hydrogen) atoms. The highest BCUT2D eigenvalue weighted by atomic mass is 16.5. The molecular weight excluding hydrogens is 322 g/mol. The molecule has 1 N–H and O–H groups in total. The molecule has 0 spiro atoms. The van der Waals surface area contributed by atoms with E-state index in [9.17, 15) is 9.59 Å². The van der Waals surface area contributed by atoms with E-state index in [-0.39, 0.29) is 6.03 Å². The smallest absolute Gasteiger partial charge is 0.317 e. The van der Waals surface area contributed by atoms with Crippen LogP contribution in [0.5, 0.6) is 5.75 Å². The molecule has 3 rings (SSSR count). The van der Waals surface area contributed by atoms with Gasteiger partial charge in [0, 0.05) is 39.3 Å². The summed E-state index contributed by atoms with van der Waals surface area (Å²) in [6.45, 7) is 5.95. The first-order valence-corrected chi connectivity index (χ1v) is 8.69. The Bertz CT molecular complexity index is 629. The van der Waals surface area contributed by atoms with Crippen LogP contribution in [0.3, 0.4) is 0 Å². The normalized spacial score (nSPS) is 17.7. The van der Waals surface area contributed by atoms with Gasteiger partial charge in [0.2, 0.25) is 0 Å². The SMILES string of the molecule is COc1ccc2c(c1C=O)CCN(C(=O)NCCN1CCOCC1)C2. The number of hydrogen-bond donors (Lipinski definition) is 1. The Balaban J connectivity index is 1.55. The van der Waals surface area contributed by atoms with Crippen molar-refractivity contribution < 1.29 is 19.1 Å². The fourth-order valence-electron chi connectivity index (χ4n) is 3.40. The van der Waals surface area contributed by atoms with E-state index < -0.39 is 0 Å². The number of nitrogens with one attached hydrogen (secondary N) is 1. The molecule has 2 amide bonds. The third kappa shape index (κ3) is 4.11. The van der Waals surface area contributed by atoms with Gasteiger partial charge in [0.05, 0.1) is 25.9 Å². The van der Waals surface area contributed by atoms with Crippen molar-refractivity contribution in [1.29, 1.82) is 0 Å². The maximum atomic E-state index is 12.4. The Labute approximate surface area is 147 Å². The number of morpholine rings is 1. The van der Waals surface area contributed by atoms with E-state index in [1.54, 1.807) is 18.1 Å². The number of amides is 2. The fraction of sp³-hybridized carbons (Fsp3) is 0.556. The number of hydrogen-bond acceptors (Lipinski definition) is 5. The second-order valence-corrected chi connectivity index (χ2v) is 6.29. The van der Waals surface area contributed by atoms with Crippen LogP contribution in [-0.2, 0) is 17.7 Å². The molecule has 1 aromatic carbocycles. The number of urea groups is 1. The van der Waals surface area contributed by atoms with Gasteiger partial charge in [-0.15, -0.1) is 0 Å². The molecule has 1 aromatic rings. The summed E-state index contributed by atoms with van der Waals surface area (Å²) < 4.78 is 10.6. The highest BCUT2D eigenvalue weighted by Gasteiger charge is 2.24. The van der Waals surface area contributed by atoms with Gasteiger partial charge in [-0.25, -0.2) is 4.79 Å². The van der Waals surface area contributed by atoms with Crippen molar-refractivity contribution in [3.8, 4) is 5.75 Å². The predicted molar refractivity (Wildman–Crippen MR) is 93.2 cm³/mol. The van der Waals surface area contributed by atoms with Crippen molar-refractivity contribution in [2.24, 2.45) is 0 Å². The van der Waals surface area contributed by atoms with Crippen LogP contribution in [0, 0.1) is 0 Å². The minimum Gasteiger partial charge on any atom is -0.496 e. The van der Waals surface area contributed by atoms with Gasteiger partial charge in [-0.2, -0.15) is 0 Å². The topological polar surface area (TPSA) is 71.1 Å². The third-order valence-corrected chi connectivity index (χ3v) is 4.84. The van der Waals surface area contributed by atoms with Gasteiger partial charge in [-0.3, -0.25) is 9.69 Å². The molecule has 1 fully saturated rings. The summed E-state index contributed by atoms with van der Waals surface area (Å²) in [6, 6.07) is 3.68. The van der Waals surface area contributed by atoms with Crippen LogP contribution in [0.1, 0.15) is 21.5 Å². The Morgan fingerprint density at radius 1 is 1.32 bits per heavy atom. The zero-order chi connectivity index (χ0) is 17.6. The standard InChI is InChI=1S/C18H25N3O4/c1-24-17-3-2-14-12-21(6-4-15(14)16(17)13-22)18(23)19-5-7-20-8-10-25-11-9-20/h2-3,13H,4-12H2,1H3,(H,19,23). The van der Waals surface area contributed by atoms with Crippen LogP contribution in [0.4, 0.5) is 4.79 Å². The molecule has 2 aliphatic heterocycles. The lowest BCUT2D eigenvalue weighted by Crippen LogP contribution is -2.46. The quantitative estimate of drug-likeness (QED) is 0.802. The van der Waals surface area contributed by atoms with Gasteiger partial charge < -0.3 is 19.7 Å². The minimum atomic E-state index is -0.0534. The number of rotatable bonds is 5. The third-order valence-electron chi connectivity index (χ3n) is 4.84. The molecular formula is C18H25N3O4. The summed E-state index contributed by atoms with van der Waals surface area (Å²) in [4.78, 5) is 27.9. The van der Waals surface area contributed by atoms with E-state index in [1.165, 1.54) is 0 Å². The van der Waals surface area contributed by atoms with Crippen molar-refractivity contribution in [2.75, 3.05) is 53.0 Å². The molecule has 0 bridgehead atoms. The van der Waals surface area contributed by atoms with Gasteiger partial charge in [0.1, 0.15) is 5.75 Å². The highest BCUT2D eigenvalue weighted by Crippen LogP contribution is 2.28. The lowest BCUT2D eigenvalue weighted by atomic mass is 9.94. The monoisotopic (exact) mass is 347 g/mol. The number of carbonyl (C=O) groups is 2. The zero-order valence-electron chi connectivity index (χ0n) is 14.6. The van der Waals surface area contributed by atoms with Gasteiger partial charge in [0.15, 0.2) is 6.29 Å². The number of carbonyl (C=O) groups excluding carboxylic acids is 2. The maximum Gasteiger partial charge on any atom is 0.317 e. The van der Waals surface area contributed by atoms with Crippen molar-refractivity contribution in [3.63, 3.8) is 0 Å². The van der Waals surface area contributed by atoms with Gasteiger partial charge in [-0.1, -0.05) is 6.07 Å². The average Bonchev–Trinajstić information content (AvgIpc) is 2.67. The first-order valence-electron chi connectivity index (χ1n) is 8.69. The van der Waals surface area contributed by atoms with Gasteiger partial charge in [-0.05, 0) is 23.6 Å². The first kappa shape index (κ1) is 17.7. The molecule has 136 valence electrons. The van der Waals surface area contributed by atoms with E-state index in [1.807, 2.05) is 6.07 Å². The molecule has 1 saturated heterocycles. The molecule has 7 heteroatoms. The van der Waals surface area contributed by atoms with Crippen molar-refractivity contribution in [1.82, 2.24) is 15.1 Å². The number of nitrogens with zero attached hydrogens (tertiary/aromatic N) is 2. The molecule has 0 unspecified atom stereocenters. The second kappa shape index (κ2) is 8.31. The second-order valence-electron chi connectivity index (χ2n) is 6.29. The van der Waals surface area contributed by atoms with E-state index in [4.69, 9.17) is 9.47 Å². The lowest BCUT2D eigenvalue weighted by molar-refractivity contribution is 0.0385. The Hall–Kier alpha value is -2.12. The zero-order valence-corrected chi connectivity index (χ0v) is 14.6. The Kier molecular flexibility index (Phi) is 5.88. The highest BCUT2D eigenvalue weighted by molar-refractivity contribution is 5.83. The Morgan fingerprint density at radius 2 is 2.12 bits per heavy atom. The summed E-state index contributed by atoms with van der Waals surface area (Å²) in [6.07, 6.45) is 1.51. The van der Waals surface area contributed by atoms with Crippen LogP contribution < -0.4 is 10.1 Å². The molecule has 0 saturated carbocycles. The number of ether oxygens (including phenoxy) is 2. The lowest BCUT2D eigenvalue weighted by Gasteiger charge is -2.31. The molecule has 0 aromatic heterocycles. The summed E-state index contributed by atoms with van der Waals surface area (Å²) in [5.74, 6) is 0.595. The largest absolute Gasteiger partial charge is 0.496 e. The molecule has 0 radical (unpaired) electrons. The summed E-state index contributed by atoms with van der Waals surface area (Å²) in [7, 11) is 1.56. The van der Waals surface area contributed by atoms with Crippen LogP contribution >= 0.6 is 0 Å². The number of benzene rings is 1. The average molecular weight is 347 g/mol. The molecule has 2 aliphatic rings. The fourth-order valence-corrected chi connectivity index (χ4v) is 3.40. The van der Waals surface area contributed by atoms with E-state index in [0.717, 1.165) is 50.3 Å². The molecule has 7 nitrogen and oxygen atoms in total. The summed E-state index contributed by atoms with van der Waals surface area (Å²) in [5, 5.41) is 2.99. The summed E-state index contributed by atoms with van der Waals surface area (Å²) >= 11 is 0. The van der Waals surface area contributed by atoms with Gasteiger partial charge in [0.25, 0.3) is 0 Å². The molecule has 2 heterocycles.